The number of β-amino-alcohol motifs (C(OH)–C–C–N with tert-alkyl or cyclic N) is 1. The van der Waals surface area contributed by atoms with Crippen LogP contribution in [0.25, 0.3) is 0 Å². The molecule has 0 spiro atoms. The van der Waals surface area contributed by atoms with E-state index in [2.05, 4.69) is 10.3 Å². The third-order valence-corrected chi connectivity index (χ3v) is 4.19. The summed E-state index contributed by atoms with van der Waals surface area (Å²) in [5.74, 6) is -1.70. The van der Waals surface area contributed by atoms with Gasteiger partial charge in [-0.15, -0.1) is 4.90 Å². The predicted octanol–water partition coefficient (Wildman–Crippen LogP) is -4.87. The lowest BCUT2D eigenvalue weighted by Gasteiger charge is -2.20. The largest absolute Gasteiger partial charge is 0.502 e. The number of carbonyl (C=O) groups is 2. The molecule has 3 aliphatic rings. The van der Waals surface area contributed by atoms with Crippen LogP contribution in [0.2, 0.25) is 0 Å². The molecular formula is C13H18N5O8+. The molecule has 0 bridgehead atoms. The van der Waals surface area contributed by atoms with Crippen LogP contribution < -0.4 is 5.32 Å². The number of nitrogens with zero attached hydrogens (tertiary/aromatic N) is 3. The molecule has 1 unspecified atom stereocenters. The third kappa shape index (κ3) is 2.80. The Kier molecular flexibility index (Phi) is 4.83. The molecule has 3 rings (SSSR count). The predicted molar refractivity (Wildman–Crippen MR) is 81.5 cm³/mol. The molecule has 1 saturated heterocycles. The molecule has 0 aromatic heterocycles. The van der Waals surface area contributed by atoms with E-state index in [1.165, 1.54) is 0 Å². The maximum absolute atomic E-state index is 12.8. The summed E-state index contributed by atoms with van der Waals surface area (Å²) in [6, 6.07) is -0.911. The number of fused-ring (bicyclic) bond motifs is 1. The van der Waals surface area contributed by atoms with Crippen molar-refractivity contribution in [2.24, 2.45) is 4.99 Å². The Balaban J connectivity index is 2.02. The molecule has 0 aliphatic carbocycles. The van der Waals surface area contributed by atoms with Crippen molar-refractivity contribution >= 4 is 29.4 Å². The molecule has 0 aromatic carbocycles. The number of ether oxygens (including phenoxy) is 1. The maximum atomic E-state index is 12.8. The van der Waals surface area contributed by atoms with Gasteiger partial charge >= 0.3 is 11.9 Å². The zero-order valence-corrected chi connectivity index (χ0v) is 13.3. The molecule has 0 saturated carbocycles. The van der Waals surface area contributed by atoms with E-state index >= 15 is 0 Å². The number of aliphatic imine (C=N–C) groups is 1. The number of amidine groups is 1. The van der Waals surface area contributed by atoms with Crippen molar-refractivity contribution in [1.29, 1.82) is 5.41 Å². The number of aliphatic hydroxyl groups is 5. The van der Waals surface area contributed by atoms with E-state index in [0.717, 1.165) is 9.48 Å². The Morgan fingerprint density at radius 1 is 1.31 bits per heavy atom. The molecule has 3 aliphatic heterocycles. The second kappa shape index (κ2) is 6.79. The number of hydrogen-bond donors (Lipinski definition) is 7. The number of hydrogen-bond acceptors (Lipinski definition) is 9. The van der Waals surface area contributed by atoms with Gasteiger partial charge in [-0.1, -0.05) is 0 Å². The average Bonchev–Trinajstić information content (AvgIpc) is 3.02. The molecule has 13 heteroatoms. The molecule has 5 atom stereocenters. The molecule has 142 valence electrons. The quantitative estimate of drug-likeness (QED) is 0.233. The lowest BCUT2D eigenvalue weighted by Crippen LogP contribution is -2.53. The summed E-state index contributed by atoms with van der Waals surface area (Å²) >= 11 is 0. The van der Waals surface area contributed by atoms with E-state index in [1.54, 1.807) is 0 Å². The number of nitrogens with one attached hydrogen (secondary N) is 2. The van der Waals surface area contributed by atoms with Crippen molar-refractivity contribution < 1.29 is 44.4 Å². The Labute approximate surface area is 146 Å². The van der Waals surface area contributed by atoms with E-state index in [0.29, 0.717) is 0 Å². The second-order valence-corrected chi connectivity index (χ2v) is 5.92. The lowest BCUT2D eigenvalue weighted by molar-refractivity contribution is -0.441. The summed E-state index contributed by atoms with van der Waals surface area (Å²) in [5, 5.41) is 57.6. The Morgan fingerprint density at radius 2 is 2.00 bits per heavy atom. The molecule has 3 heterocycles. The summed E-state index contributed by atoms with van der Waals surface area (Å²) in [6.07, 6.45) is -7.09. The molecular weight excluding hydrogens is 354 g/mol. The topological polar surface area (TPSA) is 199 Å². The van der Waals surface area contributed by atoms with Gasteiger partial charge in [-0.3, -0.25) is 15.5 Å². The van der Waals surface area contributed by atoms with Crippen molar-refractivity contribution in [3.8, 4) is 0 Å². The third-order valence-electron chi connectivity index (χ3n) is 4.19. The van der Waals surface area contributed by atoms with Crippen molar-refractivity contribution in [2.45, 2.75) is 30.6 Å². The second-order valence-electron chi connectivity index (χ2n) is 5.92. The van der Waals surface area contributed by atoms with Gasteiger partial charge in [-0.25, -0.2) is 0 Å². The van der Waals surface area contributed by atoms with Crippen molar-refractivity contribution in [1.82, 2.24) is 10.2 Å². The summed E-state index contributed by atoms with van der Waals surface area (Å²) in [5.41, 5.74) is -0.295. The Bertz CT molecular complexity index is 721. The summed E-state index contributed by atoms with van der Waals surface area (Å²) < 4.78 is 6.14. The van der Waals surface area contributed by atoms with Gasteiger partial charge in [0.2, 0.25) is 12.2 Å². The summed E-state index contributed by atoms with van der Waals surface area (Å²) in [7, 11) is 0. The fourth-order valence-corrected chi connectivity index (χ4v) is 2.94. The highest BCUT2D eigenvalue weighted by molar-refractivity contribution is 6.70. The minimum absolute atomic E-state index is 0.295. The minimum atomic E-state index is -1.61. The number of rotatable bonds is 5. The van der Waals surface area contributed by atoms with Crippen LogP contribution in [0.15, 0.2) is 4.99 Å². The van der Waals surface area contributed by atoms with Crippen LogP contribution in [0.3, 0.4) is 0 Å². The first-order chi connectivity index (χ1) is 12.3. The van der Waals surface area contributed by atoms with E-state index in [9.17, 15) is 30.0 Å². The van der Waals surface area contributed by atoms with Gasteiger partial charge in [-0.05, 0) is 0 Å². The van der Waals surface area contributed by atoms with Crippen LogP contribution in [0.4, 0.5) is 4.79 Å². The molecule has 0 aromatic rings. The monoisotopic (exact) mass is 372 g/mol. The first-order valence-electron chi connectivity index (χ1n) is 7.68. The number of amides is 3. The highest BCUT2D eigenvalue weighted by atomic mass is 16.6. The SMILES string of the molecule is N=C1N=C2C(=[N+](CC(O)CO)C(=O)N2[C@@H]2O[C@H](CO)[C@@H](O)[C@H]2O)C(=O)N1. The normalized spacial score (nSPS) is 32.7. The number of guanidine groups is 1. The van der Waals surface area contributed by atoms with Crippen molar-refractivity contribution in [2.75, 3.05) is 19.8 Å². The average molecular weight is 372 g/mol. The first-order valence-corrected chi connectivity index (χ1v) is 7.68. The van der Waals surface area contributed by atoms with Gasteiger partial charge < -0.3 is 30.3 Å². The maximum Gasteiger partial charge on any atom is 0.502 e. The van der Waals surface area contributed by atoms with Crippen molar-refractivity contribution in [3.63, 3.8) is 0 Å². The highest BCUT2D eigenvalue weighted by Gasteiger charge is 2.60. The van der Waals surface area contributed by atoms with Crippen LogP contribution in [0.5, 0.6) is 0 Å². The number of urea groups is 1. The standard InChI is InChI=1S/C13H17N5O8/c14-12-15-9-6(10(24)16-12)17(1-4(21)2-19)13(25)18(9)11-8(23)7(22)5(3-20)26-11/h4-5,7-8,11,19-23H,1-3H2,(H-,14,16,24)/p+1/t4?,5-,7-,8-,11-/m1/s1. The van der Waals surface area contributed by atoms with E-state index < -0.39 is 68.3 Å². The summed E-state index contributed by atoms with van der Waals surface area (Å²) in [6.45, 7) is -1.74. The van der Waals surface area contributed by atoms with Crippen molar-refractivity contribution in [3.05, 3.63) is 0 Å². The lowest BCUT2D eigenvalue weighted by atomic mass is 10.1. The van der Waals surface area contributed by atoms with Crippen LogP contribution in [0, 0.1) is 5.41 Å². The first kappa shape index (κ1) is 18.5. The smallest absolute Gasteiger partial charge is 0.394 e. The molecule has 1 fully saturated rings. The molecule has 13 nitrogen and oxygen atoms in total. The zero-order chi connectivity index (χ0) is 19.2. The van der Waals surface area contributed by atoms with Crippen LogP contribution in [-0.2, 0) is 9.53 Å². The van der Waals surface area contributed by atoms with Gasteiger partial charge in [0.05, 0.1) is 13.2 Å². The van der Waals surface area contributed by atoms with Gasteiger partial charge in [0.25, 0.3) is 11.5 Å². The number of aliphatic hydroxyl groups excluding tert-OH is 5. The van der Waals surface area contributed by atoms with Gasteiger partial charge in [0.1, 0.15) is 31.0 Å². The van der Waals surface area contributed by atoms with E-state index in [1.807, 2.05) is 0 Å². The number of carbonyl (C=O) groups excluding carboxylic acids is 2. The molecule has 0 radical (unpaired) electrons. The molecule has 26 heavy (non-hydrogen) atoms. The fourth-order valence-electron chi connectivity index (χ4n) is 2.94. The zero-order valence-electron chi connectivity index (χ0n) is 13.3. The Hall–Kier alpha value is -2.29. The van der Waals surface area contributed by atoms with E-state index in [4.69, 9.17) is 15.3 Å². The minimum Gasteiger partial charge on any atom is -0.394 e. The molecule has 7 N–H and O–H groups in total. The molecule has 3 amide bonds. The highest BCUT2D eigenvalue weighted by Crippen LogP contribution is 2.27. The summed E-state index contributed by atoms with van der Waals surface area (Å²) in [4.78, 5) is 29.5. The van der Waals surface area contributed by atoms with Crippen LogP contribution in [-0.4, -0.2) is 115 Å². The Morgan fingerprint density at radius 3 is 2.58 bits per heavy atom. The van der Waals surface area contributed by atoms with Crippen LogP contribution >= 0.6 is 0 Å². The van der Waals surface area contributed by atoms with Gasteiger partial charge in [0.15, 0.2) is 0 Å². The van der Waals surface area contributed by atoms with Gasteiger partial charge in [-0.2, -0.15) is 14.4 Å². The van der Waals surface area contributed by atoms with Crippen LogP contribution in [0.1, 0.15) is 0 Å². The van der Waals surface area contributed by atoms with E-state index in [-0.39, 0.29) is 11.5 Å². The fraction of sp³-hybridized carbons (Fsp3) is 0.615. The van der Waals surface area contributed by atoms with Gasteiger partial charge in [0, 0.05) is 0 Å².